The third-order valence-corrected chi connectivity index (χ3v) is 5.07. The van der Waals surface area contributed by atoms with E-state index in [2.05, 4.69) is 0 Å². The van der Waals surface area contributed by atoms with Gasteiger partial charge in [-0.1, -0.05) is 6.07 Å². The molecule has 0 aromatic heterocycles. The zero-order valence-corrected chi connectivity index (χ0v) is 13.2. The van der Waals surface area contributed by atoms with Crippen molar-refractivity contribution in [3.63, 3.8) is 0 Å². The summed E-state index contributed by atoms with van der Waals surface area (Å²) in [6.07, 6.45) is 1.25. The average molecular weight is 345 g/mol. The third kappa shape index (κ3) is 3.09. The van der Waals surface area contributed by atoms with Crippen molar-refractivity contribution >= 4 is 15.9 Å². The highest BCUT2D eigenvalue weighted by molar-refractivity contribution is 7.95. The van der Waals surface area contributed by atoms with Gasteiger partial charge in [-0.05, 0) is 48.0 Å². The number of fused-ring (bicyclic) bond motifs is 1. The molecule has 0 spiro atoms. The van der Waals surface area contributed by atoms with Gasteiger partial charge < -0.3 is 9.47 Å². The molecule has 0 radical (unpaired) electrons. The second-order valence-corrected chi connectivity index (χ2v) is 6.90. The van der Waals surface area contributed by atoms with Crippen LogP contribution in [-0.4, -0.2) is 21.6 Å². The number of allylic oxidation sites excluding steroid dienone is 1. The third-order valence-electron chi connectivity index (χ3n) is 3.39. The van der Waals surface area contributed by atoms with E-state index in [1.54, 1.807) is 24.3 Å². The zero-order valence-electron chi connectivity index (χ0n) is 12.4. The molecule has 122 valence electrons. The number of rotatable bonds is 3. The molecule has 1 heterocycles. The highest BCUT2D eigenvalue weighted by Crippen LogP contribution is 2.32. The van der Waals surface area contributed by atoms with Crippen molar-refractivity contribution in [1.29, 1.82) is 5.26 Å². The number of hydrogen-bond donors (Lipinski definition) is 0. The molecule has 1 aliphatic rings. The lowest BCUT2D eigenvalue weighted by atomic mass is 10.2. The van der Waals surface area contributed by atoms with E-state index < -0.39 is 20.6 Å². The average Bonchev–Trinajstić information content (AvgIpc) is 2.59. The Hall–Kier alpha value is -2.85. The van der Waals surface area contributed by atoms with Crippen LogP contribution in [0.5, 0.6) is 11.5 Å². The molecule has 3 rings (SSSR count). The Morgan fingerprint density at radius 3 is 2.42 bits per heavy atom. The van der Waals surface area contributed by atoms with Gasteiger partial charge in [-0.15, -0.1) is 0 Å². The van der Waals surface area contributed by atoms with Crippen molar-refractivity contribution in [2.24, 2.45) is 0 Å². The van der Waals surface area contributed by atoms with Crippen molar-refractivity contribution in [3.8, 4) is 17.6 Å². The van der Waals surface area contributed by atoms with E-state index in [4.69, 9.17) is 9.47 Å². The van der Waals surface area contributed by atoms with Crippen LogP contribution < -0.4 is 9.47 Å². The molecule has 0 fully saturated rings. The van der Waals surface area contributed by atoms with E-state index in [1.165, 1.54) is 6.08 Å². The normalized spacial score (nSPS) is 14.1. The standard InChI is InChI=1S/C17H12FNO4S/c18-13-2-4-14(5-3-13)24(20,21)15(11-19)9-12-1-6-16-17(10-12)23-8-7-22-16/h1-6,9-10H,7-8H2. The van der Waals surface area contributed by atoms with Gasteiger partial charge in [0.2, 0.25) is 9.84 Å². The number of nitriles is 1. The fraction of sp³-hybridized carbons (Fsp3) is 0.118. The first kappa shape index (κ1) is 16.0. The molecule has 24 heavy (non-hydrogen) atoms. The summed E-state index contributed by atoms with van der Waals surface area (Å²) in [5, 5.41) is 9.25. The summed E-state index contributed by atoms with van der Waals surface area (Å²) < 4.78 is 48.8. The van der Waals surface area contributed by atoms with Gasteiger partial charge in [0, 0.05) is 0 Å². The minimum absolute atomic E-state index is 0.144. The Morgan fingerprint density at radius 1 is 1.08 bits per heavy atom. The van der Waals surface area contributed by atoms with E-state index in [-0.39, 0.29) is 4.90 Å². The fourth-order valence-electron chi connectivity index (χ4n) is 2.21. The van der Waals surface area contributed by atoms with Crippen LogP contribution in [0, 0.1) is 17.1 Å². The van der Waals surface area contributed by atoms with Crippen molar-refractivity contribution in [3.05, 3.63) is 58.8 Å². The predicted molar refractivity (Wildman–Crippen MR) is 84.6 cm³/mol. The molecule has 0 saturated carbocycles. The van der Waals surface area contributed by atoms with Gasteiger partial charge in [-0.2, -0.15) is 5.26 Å². The topological polar surface area (TPSA) is 76.4 Å². The molecule has 0 saturated heterocycles. The highest BCUT2D eigenvalue weighted by Gasteiger charge is 2.21. The molecule has 0 atom stereocenters. The van der Waals surface area contributed by atoms with E-state index in [0.29, 0.717) is 30.3 Å². The molecule has 0 amide bonds. The Labute approximate surface area is 138 Å². The second-order valence-electron chi connectivity index (χ2n) is 4.98. The van der Waals surface area contributed by atoms with Crippen LogP contribution in [0.4, 0.5) is 4.39 Å². The van der Waals surface area contributed by atoms with Crippen molar-refractivity contribution in [2.75, 3.05) is 13.2 Å². The summed E-state index contributed by atoms with van der Waals surface area (Å²) in [6.45, 7) is 0.851. The monoisotopic (exact) mass is 345 g/mol. The maximum atomic E-state index is 13.0. The number of hydrogen-bond acceptors (Lipinski definition) is 5. The van der Waals surface area contributed by atoms with Gasteiger partial charge in [0.25, 0.3) is 0 Å². The Balaban J connectivity index is 2.00. The van der Waals surface area contributed by atoms with Crippen molar-refractivity contribution in [1.82, 2.24) is 0 Å². The summed E-state index contributed by atoms with van der Waals surface area (Å²) in [5.41, 5.74) is 0.487. The first-order valence-electron chi connectivity index (χ1n) is 7.03. The zero-order chi connectivity index (χ0) is 17.2. The van der Waals surface area contributed by atoms with E-state index >= 15 is 0 Å². The molecule has 5 nitrogen and oxygen atoms in total. The smallest absolute Gasteiger partial charge is 0.216 e. The van der Waals surface area contributed by atoms with Crippen LogP contribution >= 0.6 is 0 Å². The van der Waals surface area contributed by atoms with E-state index in [9.17, 15) is 18.1 Å². The van der Waals surface area contributed by atoms with Crippen LogP contribution in [-0.2, 0) is 9.84 Å². The maximum absolute atomic E-state index is 13.0. The quantitative estimate of drug-likeness (QED) is 0.631. The molecule has 2 aromatic rings. The van der Waals surface area contributed by atoms with Gasteiger partial charge >= 0.3 is 0 Å². The Bertz CT molecular complexity index is 944. The summed E-state index contributed by atoms with van der Waals surface area (Å²) in [4.78, 5) is -0.583. The van der Waals surface area contributed by atoms with Gasteiger partial charge in [0.15, 0.2) is 11.5 Å². The van der Waals surface area contributed by atoms with Crippen molar-refractivity contribution in [2.45, 2.75) is 4.90 Å². The van der Waals surface area contributed by atoms with Crippen LogP contribution in [0.3, 0.4) is 0 Å². The van der Waals surface area contributed by atoms with Gasteiger partial charge in [0.1, 0.15) is 30.0 Å². The molecule has 0 N–H and O–H groups in total. The number of sulfone groups is 1. The van der Waals surface area contributed by atoms with Crippen LogP contribution in [0.15, 0.2) is 52.3 Å². The number of nitrogens with zero attached hydrogens (tertiary/aromatic N) is 1. The van der Waals surface area contributed by atoms with Crippen molar-refractivity contribution < 1.29 is 22.3 Å². The van der Waals surface area contributed by atoms with Crippen LogP contribution in [0.25, 0.3) is 6.08 Å². The number of ether oxygens (including phenoxy) is 2. The predicted octanol–water partition coefficient (Wildman–Crippen LogP) is 2.94. The molecular weight excluding hydrogens is 333 g/mol. The Kier molecular flexibility index (Phi) is 4.23. The SMILES string of the molecule is N#CC(=Cc1ccc2c(c1)OCCO2)S(=O)(=O)c1ccc(F)cc1. The van der Waals surface area contributed by atoms with E-state index in [1.807, 2.05) is 0 Å². The lowest BCUT2D eigenvalue weighted by molar-refractivity contribution is 0.171. The largest absolute Gasteiger partial charge is 0.486 e. The first-order valence-corrected chi connectivity index (χ1v) is 8.51. The minimum atomic E-state index is -4.03. The molecule has 0 bridgehead atoms. The van der Waals surface area contributed by atoms with Gasteiger partial charge in [-0.25, -0.2) is 12.8 Å². The molecule has 7 heteroatoms. The molecule has 0 aliphatic carbocycles. The lowest BCUT2D eigenvalue weighted by Gasteiger charge is -2.18. The Morgan fingerprint density at radius 2 is 1.75 bits per heavy atom. The molecular formula is C17H12FNO4S. The summed E-state index contributed by atoms with van der Waals surface area (Å²) in [7, 11) is -4.03. The molecule has 0 unspecified atom stereocenters. The van der Waals surface area contributed by atoms with Gasteiger partial charge in [-0.3, -0.25) is 0 Å². The maximum Gasteiger partial charge on any atom is 0.216 e. The summed E-state index contributed by atoms with van der Waals surface area (Å²) in [6, 6.07) is 10.9. The second kappa shape index (κ2) is 6.34. The first-order chi connectivity index (χ1) is 11.5. The number of halogens is 1. The lowest BCUT2D eigenvalue weighted by Crippen LogP contribution is -2.15. The highest BCUT2D eigenvalue weighted by atomic mass is 32.2. The minimum Gasteiger partial charge on any atom is -0.486 e. The van der Waals surface area contributed by atoms with Gasteiger partial charge in [0.05, 0.1) is 4.90 Å². The molecule has 1 aliphatic heterocycles. The van der Waals surface area contributed by atoms with Crippen LogP contribution in [0.2, 0.25) is 0 Å². The summed E-state index contributed by atoms with van der Waals surface area (Å²) in [5.74, 6) is 0.507. The molecule has 2 aromatic carbocycles. The number of benzene rings is 2. The van der Waals surface area contributed by atoms with Crippen LogP contribution in [0.1, 0.15) is 5.56 Å². The summed E-state index contributed by atoms with van der Waals surface area (Å²) >= 11 is 0. The fourth-order valence-corrected chi connectivity index (χ4v) is 3.37. The van der Waals surface area contributed by atoms with E-state index in [0.717, 1.165) is 24.3 Å².